The second kappa shape index (κ2) is 13.3. The summed E-state index contributed by atoms with van der Waals surface area (Å²) in [5, 5.41) is 0. The van der Waals surface area contributed by atoms with E-state index in [-0.39, 0.29) is 14.1 Å². The minimum atomic E-state index is -0.223. The fourth-order valence-electron chi connectivity index (χ4n) is 11.5. The maximum absolute atomic E-state index is 5.98. The molecule has 5 heterocycles. The van der Waals surface area contributed by atoms with Crippen LogP contribution in [0.3, 0.4) is 0 Å². The van der Waals surface area contributed by atoms with Gasteiger partial charge in [0.2, 0.25) is 0 Å². The van der Waals surface area contributed by atoms with Crippen LogP contribution >= 0.6 is 31.9 Å². The molecular weight excluding hydrogens is 860 g/mol. The lowest BCUT2D eigenvalue weighted by molar-refractivity contribution is 0.274. The summed E-state index contributed by atoms with van der Waals surface area (Å²) in [6, 6.07) is 18.2. The van der Waals surface area contributed by atoms with Gasteiger partial charge in [-0.15, -0.1) is 0 Å². The Morgan fingerprint density at radius 1 is 0.576 bits per heavy atom. The first-order chi connectivity index (χ1) is 28.2. The molecule has 0 amide bonds. The van der Waals surface area contributed by atoms with Crippen molar-refractivity contribution in [1.29, 1.82) is 0 Å². The smallest absolute Gasteiger partial charge is 0.122 e. The first-order valence-corrected chi connectivity index (χ1v) is 22.7. The molecular formula is C51H52Br2N4O2. The fraction of sp³-hybridized carbons (Fsp3) is 0.373. The number of aromatic nitrogens is 4. The molecule has 0 unspecified atom stereocenters. The molecule has 1 fully saturated rings. The highest BCUT2D eigenvalue weighted by molar-refractivity contribution is 9.25. The Kier molecular flexibility index (Phi) is 8.74. The van der Waals surface area contributed by atoms with Gasteiger partial charge in [0.25, 0.3) is 0 Å². The van der Waals surface area contributed by atoms with Gasteiger partial charge in [0, 0.05) is 49.6 Å². The van der Waals surface area contributed by atoms with Crippen molar-refractivity contribution >= 4 is 76.2 Å². The van der Waals surface area contributed by atoms with Gasteiger partial charge < -0.3 is 19.4 Å². The number of allylic oxidation sites excluding steroid dienone is 4. The number of nitrogens with one attached hydrogen (secondary N) is 2. The molecule has 2 N–H and O–H groups in total. The maximum Gasteiger partial charge on any atom is 0.122 e. The molecule has 6 nitrogen and oxygen atoms in total. The Morgan fingerprint density at radius 3 is 1.51 bits per heavy atom. The first-order valence-electron chi connectivity index (χ1n) is 21.1. The van der Waals surface area contributed by atoms with Crippen LogP contribution in [0, 0.1) is 24.7 Å². The predicted molar refractivity (Wildman–Crippen MR) is 251 cm³/mol. The molecule has 2 aromatic carbocycles. The predicted octanol–water partition coefficient (Wildman–Crippen LogP) is 13.0. The number of benzene rings is 2. The number of hydrogen-bond acceptors (Lipinski definition) is 4. The van der Waals surface area contributed by atoms with E-state index in [0.717, 1.165) is 106 Å². The highest BCUT2D eigenvalue weighted by Gasteiger charge is 2.86. The van der Waals surface area contributed by atoms with Crippen molar-refractivity contribution in [3.05, 3.63) is 116 Å². The van der Waals surface area contributed by atoms with E-state index >= 15 is 0 Å². The minimum absolute atomic E-state index is 0.00624. The lowest BCUT2D eigenvalue weighted by Gasteiger charge is -2.37. The van der Waals surface area contributed by atoms with E-state index in [4.69, 9.17) is 19.4 Å². The number of methoxy groups -OCH3 is 2. The van der Waals surface area contributed by atoms with Crippen LogP contribution in [-0.2, 0) is 38.5 Å². The van der Waals surface area contributed by atoms with Gasteiger partial charge in [-0.3, -0.25) is 0 Å². The van der Waals surface area contributed by atoms with Crippen molar-refractivity contribution in [1.82, 2.24) is 19.9 Å². The van der Waals surface area contributed by atoms with Crippen molar-refractivity contribution in [3.63, 3.8) is 0 Å². The van der Waals surface area contributed by atoms with Gasteiger partial charge in [-0.25, -0.2) is 9.97 Å². The summed E-state index contributed by atoms with van der Waals surface area (Å²) in [7, 11) is 3.56. The van der Waals surface area contributed by atoms with E-state index < -0.39 is 0 Å². The van der Waals surface area contributed by atoms with Crippen LogP contribution < -0.4 is 9.47 Å². The number of nitrogens with zero attached hydrogens (tertiary/aromatic N) is 2. The molecule has 5 aromatic rings. The van der Waals surface area contributed by atoms with Gasteiger partial charge in [0.15, 0.2) is 0 Å². The van der Waals surface area contributed by atoms with Crippen LogP contribution in [0.4, 0.5) is 0 Å². The molecule has 59 heavy (non-hydrogen) atoms. The van der Waals surface area contributed by atoms with Crippen LogP contribution in [0.2, 0.25) is 0 Å². The van der Waals surface area contributed by atoms with Gasteiger partial charge in [-0.1, -0.05) is 63.9 Å². The number of aromatic amines is 2. The van der Waals surface area contributed by atoms with E-state index in [1.165, 1.54) is 66.8 Å². The lowest BCUT2D eigenvalue weighted by Crippen LogP contribution is -2.33. The molecule has 3 aliphatic carbocycles. The molecule has 0 radical (unpaired) electrons. The minimum Gasteiger partial charge on any atom is -0.496 e. The van der Waals surface area contributed by atoms with Crippen LogP contribution in [0.5, 0.6) is 11.5 Å². The second-order valence-electron chi connectivity index (χ2n) is 17.7. The van der Waals surface area contributed by atoms with Crippen LogP contribution in [0.25, 0.3) is 55.5 Å². The van der Waals surface area contributed by atoms with Gasteiger partial charge in [0.1, 0.15) is 11.5 Å². The van der Waals surface area contributed by atoms with Crippen molar-refractivity contribution < 1.29 is 9.47 Å². The van der Waals surface area contributed by atoms with Crippen molar-refractivity contribution in [3.8, 4) is 22.6 Å². The quantitative estimate of drug-likeness (QED) is 0.172. The normalized spacial score (nSPS) is 21.2. The van der Waals surface area contributed by atoms with Gasteiger partial charge in [-0.2, -0.15) is 0 Å². The summed E-state index contributed by atoms with van der Waals surface area (Å²) >= 11 is 8.61. The molecule has 8 bridgehead atoms. The molecule has 302 valence electrons. The fourth-order valence-corrected chi connectivity index (χ4v) is 13.9. The summed E-state index contributed by atoms with van der Waals surface area (Å²) in [4.78, 5) is 18.7. The summed E-state index contributed by atoms with van der Waals surface area (Å²) in [5.74, 6) is 1.90. The standard InChI is InChI=1S/C51H52Br2N4O2/c1-11-34-29(7)40-18-38-25(3)27(5)47(56-38)46(48-28(6)26(4)39(57-48)19-41-30(8)35(12-2)43(55-41)20-42(34)54-40)31-13-14-32-21-49-23-36-37(45(59-10)16-15-44(36)58-9)24-50(49,51(49,52)53)22-33(32)17-31/h13-20,54-55H,11-12,21-24H2,1-10H3/t49-,50+/m1/s1. The third-order valence-corrected chi connectivity index (χ3v) is 18.3. The molecule has 0 spiro atoms. The highest BCUT2D eigenvalue weighted by atomic mass is 79.9. The van der Waals surface area contributed by atoms with Gasteiger partial charge in [-0.05, 0) is 172 Å². The van der Waals surface area contributed by atoms with Crippen molar-refractivity contribution in [2.24, 2.45) is 10.8 Å². The monoisotopic (exact) mass is 910 g/mol. The van der Waals surface area contributed by atoms with Crippen LogP contribution in [0.1, 0.15) is 109 Å². The van der Waals surface area contributed by atoms with E-state index in [9.17, 15) is 0 Å². The Morgan fingerprint density at radius 2 is 1.05 bits per heavy atom. The third kappa shape index (κ3) is 5.14. The SMILES string of the molecule is CCc1c(C)c2cc3nc(c(-c4ccc5c(c4)C[C@]46Cc7c(OC)ccc(OC)c7C[C@@]4(C5)C6(Br)Br)c4nc(cc5[nH]c(cc1[nH]2)c(CC)c5C)C(C)=C4C)C(C)=C3C. The molecule has 1 saturated carbocycles. The Labute approximate surface area is 364 Å². The zero-order chi connectivity index (χ0) is 41.5. The number of alkyl halides is 2. The van der Waals surface area contributed by atoms with Crippen LogP contribution in [0.15, 0.2) is 48.5 Å². The third-order valence-electron chi connectivity index (χ3n) is 15.3. The van der Waals surface area contributed by atoms with Crippen LogP contribution in [-0.4, -0.2) is 37.4 Å². The number of ether oxygens (including phenoxy) is 2. The lowest BCUT2D eigenvalue weighted by atomic mass is 9.66. The number of rotatable bonds is 5. The highest BCUT2D eigenvalue weighted by Crippen LogP contribution is 2.86. The van der Waals surface area contributed by atoms with Gasteiger partial charge in [0.05, 0.1) is 40.2 Å². The van der Waals surface area contributed by atoms with E-state index in [1.54, 1.807) is 14.2 Å². The van der Waals surface area contributed by atoms with Crippen molar-refractivity contribution in [2.75, 3.05) is 14.2 Å². The van der Waals surface area contributed by atoms with E-state index in [0.29, 0.717) is 0 Å². The first kappa shape index (κ1) is 38.8. The topological polar surface area (TPSA) is 75.8 Å². The molecule has 2 aliphatic heterocycles. The number of H-pyrrole nitrogens is 2. The molecule has 2 atom stereocenters. The maximum atomic E-state index is 5.98. The van der Waals surface area contributed by atoms with Gasteiger partial charge >= 0.3 is 0 Å². The summed E-state index contributed by atoms with van der Waals surface area (Å²) in [6.45, 7) is 17.9. The second-order valence-corrected chi connectivity index (χ2v) is 21.1. The largest absolute Gasteiger partial charge is 0.496 e. The Balaban J connectivity index is 1.23. The zero-order valence-corrected chi connectivity index (χ0v) is 39.0. The zero-order valence-electron chi connectivity index (χ0n) is 35.8. The van der Waals surface area contributed by atoms with Crippen molar-refractivity contribution in [2.45, 2.75) is 97.1 Å². The Hall–Kier alpha value is -4.40. The molecule has 3 aromatic heterocycles. The summed E-state index contributed by atoms with van der Waals surface area (Å²) < 4.78 is 11.7. The van der Waals surface area contributed by atoms with E-state index in [2.05, 4.69) is 146 Å². The molecule has 5 aliphatic rings. The van der Waals surface area contributed by atoms with E-state index in [1.807, 2.05) is 0 Å². The average Bonchev–Trinajstić information content (AvgIpc) is 3.68. The number of hydrogen-bond donors (Lipinski definition) is 2. The number of aryl methyl sites for hydroxylation is 4. The number of fused-ring (bicyclic) bond motifs is 10. The molecule has 10 rings (SSSR count). The Bertz CT molecular complexity index is 2830. The summed E-state index contributed by atoms with van der Waals surface area (Å²) in [6.07, 6.45) is 5.62. The number of halogens is 2. The average molecular weight is 913 g/mol. The molecule has 0 saturated heterocycles. The summed E-state index contributed by atoms with van der Waals surface area (Å²) in [5.41, 5.74) is 26.1. The molecule has 8 heteroatoms.